The van der Waals surface area contributed by atoms with Crippen molar-refractivity contribution >= 4 is 17.9 Å². The van der Waals surface area contributed by atoms with Gasteiger partial charge >= 0.3 is 12.0 Å². The first-order valence-electron chi connectivity index (χ1n) is 7.56. The summed E-state index contributed by atoms with van der Waals surface area (Å²) in [6.07, 6.45) is 2.09. The van der Waals surface area contributed by atoms with E-state index in [0.29, 0.717) is 32.0 Å². The minimum atomic E-state index is -0.894. The van der Waals surface area contributed by atoms with Crippen LogP contribution >= 0.6 is 0 Å². The second-order valence-electron chi connectivity index (χ2n) is 5.71. The van der Waals surface area contributed by atoms with Crippen LogP contribution in [0.2, 0.25) is 0 Å². The molecule has 2 N–H and O–H groups in total. The molecule has 2 aliphatic heterocycles. The van der Waals surface area contributed by atoms with E-state index in [1.165, 1.54) is 0 Å². The maximum absolute atomic E-state index is 12.5. The minimum Gasteiger partial charge on any atom is -0.481 e. The summed E-state index contributed by atoms with van der Waals surface area (Å²) >= 11 is 0. The molecule has 2 fully saturated rings. The highest BCUT2D eigenvalue weighted by molar-refractivity contribution is 5.78. The number of likely N-dealkylation sites (tertiary alicyclic amines) is 1. The lowest BCUT2D eigenvalue weighted by Gasteiger charge is -2.42. The Bertz CT molecular complexity index is 426. The maximum Gasteiger partial charge on any atom is 0.320 e. The van der Waals surface area contributed by atoms with Crippen LogP contribution in [0.3, 0.4) is 0 Å². The van der Waals surface area contributed by atoms with Gasteiger partial charge in [-0.1, -0.05) is 0 Å². The third-order valence-corrected chi connectivity index (χ3v) is 4.34. The number of rotatable bonds is 4. The van der Waals surface area contributed by atoms with Gasteiger partial charge in [0.05, 0.1) is 6.42 Å². The molecule has 7 nitrogen and oxygen atoms in total. The van der Waals surface area contributed by atoms with E-state index in [-0.39, 0.29) is 30.9 Å². The van der Waals surface area contributed by atoms with Gasteiger partial charge in [0.25, 0.3) is 0 Å². The first kappa shape index (κ1) is 15.6. The van der Waals surface area contributed by atoms with Crippen LogP contribution < -0.4 is 5.32 Å². The molecule has 2 atom stereocenters. The molecule has 0 spiro atoms. The summed E-state index contributed by atoms with van der Waals surface area (Å²) < 4.78 is 0. The fourth-order valence-corrected chi connectivity index (χ4v) is 3.10. The second kappa shape index (κ2) is 6.78. The van der Waals surface area contributed by atoms with Crippen LogP contribution in [0.4, 0.5) is 4.79 Å². The van der Waals surface area contributed by atoms with Gasteiger partial charge in [0, 0.05) is 38.6 Å². The summed E-state index contributed by atoms with van der Waals surface area (Å²) in [5, 5.41) is 11.7. The summed E-state index contributed by atoms with van der Waals surface area (Å²) in [7, 11) is 0. The lowest BCUT2D eigenvalue weighted by Crippen LogP contribution is -2.57. The number of nitrogens with one attached hydrogen (secondary N) is 1. The Balaban J connectivity index is 1.90. The number of amides is 3. The third kappa shape index (κ3) is 3.86. The van der Waals surface area contributed by atoms with Crippen LogP contribution in [0.15, 0.2) is 0 Å². The van der Waals surface area contributed by atoms with Crippen LogP contribution in [-0.2, 0) is 9.59 Å². The summed E-state index contributed by atoms with van der Waals surface area (Å²) in [5.74, 6) is -0.471. The largest absolute Gasteiger partial charge is 0.481 e. The van der Waals surface area contributed by atoms with Crippen LogP contribution in [-0.4, -0.2) is 65.0 Å². The summed E-state index contributed by atoms with van der Waals surface area (Å²) in [6.45, 7) is 3.87. The topological polar surface area (TPSA) is 90.0 Å². The first-order valence-corrected chi connectivity index (χ1v) is 7.56. The highest BCUT2D eigenvalue weighted by atomic mass is 16.4. The minimum absolute atomic E-state index is 0.0322. The van der Waals surface area contributed by atoms with Crippen molar-refractivity contribution in [2.45, 2.75) is 38.6 Å². The number of carbonyl (C=O) groups excluding carboxylic acids is 2. The molecule has 2 heterocycles. The number of piperidine rings is 2. The average Bonchev–Trinajstić information content (AvgIpc) is 2.46. The van der Waals surface area contributed by atoms with Crippen LogP contribution in [0.5, 0.6) is 0 Å². The molecule has 0 saturated carbocycles. The molecule has 0 bridgehead atoms. The fraction of sp³-hybridized carbons (Fsp3) is 0.786. The van der Waals surface area contributed by atoms with Gasteiger partial charge in [0.1, 0.15) is 0 Å². The van der Waals surface area contributed by atoms with Crippen molar-refractivity contribution in [3.8, 4) is 0 Å². The van der Waals surface area contributed by atoms with E-state index in [4.69, 9.17) is 5.11 Å². The molecule has 3 amide bonds. The average molecular weight is 297 g/mol. The van der Waals surface area contributed by atoms with Gasteiger partial charge in [0.15, 0.2) is 0 Å². The highest BCUT2D eigenvalue weighted by Gasteiger charge is 2.36. The Hall–Kier alpha value is -1.79. The fourth-order valence-electron chi connectivity index (χ4n) is 3.10. The molecular weight excluding hydrogens is 274 g/mol. The van der Waals surface area contributed by atoms with Gasteiger partial charge in [-0.25, -0.2) is 4.79 Å². The molecule has 2 unspecified atom stereocenters. The van der Waals surface area contributed by atoms with E-state index < -0.39 is 5.97 Å². The second-order valence-corrected chi connectivity index (χ2v) is 5.71. The first-order chi connectivity index (χ1) is 10.0. The summed E-state index contributed by atoms with van der Waals surface area (Å²) in [5.41, 5.74) is 0. The van der Waals surface area contributed by atoms with Crippen LogP contribution in [0, 0.1) is 5.92 Å². The van der Waals surface area contributed by atoms with Gasteiger partial charge in [-0.2, -0.15) is 0 Å². The quantitative estimate of drug-likeness (QED) is 0.791. The third-order valence-electron chi connectivity index (χ3n) is 4.34. The number of hydrogen-bond donors (Lipinski definition) is 2. The Morgan fingerprint density at radius 1 is 1.43 bits per heavy atom. The number of aliphatic carboxylic acids is 1. The number of urea groups is 1. The molecule has 2 rings (SSSR count). The number of carbonyl (C=O) groups is 3. The van der Waals surface area contributed by atoms with Crippen LogP contribution in [0.25, 0.3) is 0 Å². The molecule has 0 aromatic carbocycles. The van der Waals surface area contributed by atoms with Gasteiger partial charge < -0.3 is 20.2 Å². The summed E-state index contributed by atoms with van der Waals surface area (Å²) in [4.78, 5) is 37.9. The monoisotopic (exact) mass is 297 g/mol. The van der Waals surface area contributed by atoms with E-state index >= 15 is 0 Å². The Labute approximate surface area is 124 Å². The zero-order valence-electron chi connectivity index (χ0n) is 12.4. The molecule has 2 aliphatic rings. The number of carboxylic acid groups (broad SMARTS) is 1. The standard InChI is InChI=1S/C14H23N3O4/c1-2-16(8-6-13(19)20)14(21)17-7-5-11-10(9-17)3-4-12(18)15-11/h10-11H,2-9H2,1H3,(H,15,18)(H,19,20). The van der Waals surface area contributed by atoms with E-state index in [1.807, 2.05) is 6.92 Å². The molecule has 0 aromatic rings. The Kier molecular flexibility index (Phi) is 5.03. The van der Waals surface area contributed by atoms with E-state index in [9.17, 15) is 14.4 Å². The molecule has 21 heavy (non-hydrogen) atoms. The van der Waals surface area contributed by atoms with Gasteiger partial charge in [-0.15, -0.1) is 0 Å². The van der Waals surface area contributed by atoms with Crippen molar-refractivity contribution in [1.82, 2.24) is 15.1 Å². The summed E-state index contributed by atoms with van der Waals surface area (Å²) in [6, 6.07) is 0.0958. The number of carboxylic acids is 1. The van der Waals surface area contributed by atoms with Crippen molar-refractivity contribution in [2.24, 2.45) is 5.92 Å². The number of hydrogen-bond acceptors (Lipinski definition) is 3. The predicted molar refractivity (Wildman–Crippen MR) is 75.7 cm³/mol. The zero-order chi connectivity index (χ0) is 15.4. The lowest BCUT2D eigenvalue weighted by atomic mass is 9.85. The van der Waals surface area contributed by atoms with Crippen LogP contribution in [0.1, 0.15) is 32.6 Å². The van der Waals surface area contributed by atoms with Gasteiger partial charge in [0.2, 0.25) is 5.91 Å². The zero-order valence-corrected chi connectivity index (χ0v) is 12.4. The van der Waals surface area contributed by atoms with Crippen molar-refractivity contribution in [2.75, 3.05) is 26.2 Å². The number of fused-ring (bicyclic) bond motifs is 1. The lowest BCUT2D eigenvalue weighted by molar-refractivity contribution is -0.137. The molecular formula is C14H23N3O4. The SMILES string of the molecule is CCN(CCC(=O)O)C(=O)N1CCC2NC(=O)CCC2C1. The molecule has 2 saturated heterocycles. The smallest absolute Gasteiger partial charge is 0.320 e. The maximum atomic E-state index is 12.5. The van der Waals surface area contributed by atoms with E-state index in [0.717, 1.165) is 12.8 Å². The molecule has 7 heteroatoms. The number of nitrogens with zero attached hydrogens (tertiary/aromatic N) is 2. The molecule has 0 aromatic heterocycles. The van der Waals surface area contributed by atoms with Gasteiger partial charge in [-0.05, 0) is 25.7 Å². The molecule has 0 radical (unpaired) electrons. The predicted octanol–water partition coefficient (Wildman–Crippen LogP) is 0.504. The van der Waals surface area contributed by atoms with Crippen molar-refractivity contribution in [1.29, 1.82) is 0 Å². The Morgan fingerprint density at radius 2 is 2.19 bits per heavy atom. The van der Waals surface area contributed by atoms with Crippen molar-refractivity contribution in [3.63, 3.8) is 0 Å². The van der Waals surface area contributed by atoms with E-state index in [2.05, 4.69) is 5.32 Å². The normalized spacial score (nSPS) is 25.0. The van der Waals surface area contributed by atoms with Gasteiger partial charge in [-0.3, -0.25) is 9.59 Å². The Morgan fingerprint density at radius 3 is 2.86 bits per heavy atom. The molecule has 118 valence electrons. The molecule has 0 aliphatic carbocycles. The van der Waals surface area contributed by atoms with Crippen molar-refractivity contribution < 1.29 is 19.5 Å². The van der Waals surface area contributed by atoms with E-state index in [1.54, 1.807) is 9.80 Å². The van der Waals surface area contributed by atoms with Crippen molar-refractivity contribution in [3.05, 3.63) is 0 Å². The highest BCUT2D eigenvalue weighted by Crippen LogP contribution is 2.25.